The van der Waals surface area contributed by atoms with Crippen molar-refractivity contribution in [2.24, 2.45) is 0 Å². The molecule has 8 nitrogen and oxygen atoms in total. The Morgan fingerprint density at radius 3 is 2.44 bits per heavy atom. The first kappa shape index (κ1) is 18.0. The highest BCUT2D eigenvalue weighted by Crippen LogP contribution is 2.30. The summed E-state index contributed by atoms with van der Waals surface area (Å²) in [7, 11) is 0. The van der Waals surface area contributed by atoms with Gasteiger partial charge in [-0.15, -0.1) is 0 Å². The number of benzene rings is 1. The Bertz CT molecular complexity index is 797. The zero-order valence-electron chi connectivity index (χ0n) is 12.9. The van der Waals surface area contributed by atoms with Gasteiger partial charge < -0.3 is 25.2 Å². The molecule has 1 aromatic heterocycles. The molecule has 0 saturated carbocycles. The summed E-state index contributed by atoms with van der Waals surface area (Å²) >= 11 is 6.07. The molecule has 1 saturated heterocycles. The average Bonchev–Trinajstić information content (AvgIpc) is 2.61. The van der Waals surface area contributed by atoms with Crippen LogP contribution in [0.4, 0.5) is 0 Å². The van der Waals surface area contributed by atoms with E-state index in [1.54, 1.807) is 30.3 Å². The molecular formula is C16H17ClN2O6. The third-order valence-electron chi connectivity index (χ3n) is 4.07. The Balaban J connectivity index is 2.06. The molecule has 0 radical (unpaired) electrons. The van der Waals surface area contributed by atoms with Gasteiger partial charge in [0.25, 0.3) is 0 Å². The molecule has 9 heteroatoms. The van der Waals surface area contributed by atoms with Crippen molar-refractivity contribution in [3.05, 3.63) is 51.8 Å². The van der Waals surface area contributed by atoms with Crippen LogP contribution in [0.5, 0.6) is 0 Å². The van der Waals surface area contributed by atoms with Crippen LogP contribution in [0.15, 0.2) is 41.2 Å². The van der Waals surface area contributed by atoms with Crippen LogP contribution in [0.25, 0.3) is 11.3 Å². The SMILES string of the molecule is O=c1cc(Cl)n([C@@H]2O[C@H](CO)[C@@H](O)[C@H](O)[C@H]2O)nc1-c1ccccc1. The van der Waals surface area contributed by atoms with E-state index in [-0.39, 0.29) is 10.8 Å². The summed E-state index contributed by atoms with van der Waals surface area (Å²) in [6, 6.07) is 9.77. The van der Waals surface area contributed by atoms with Crippen molar-refractivity contribution < 1.29 is 25.2 Å². The molecular weight excluding hydrogens is 352 g/mol. The molecule has 0 bridgehead atoms. The molecule has 5 atom stereocenters. The molecule has 2 aromatic rings. The summed E-state index contributed by atoms with van der Waals surface area (Å²) in [4.78, 5) is 12.2. The smallest absolute Gasteiger partial charge is 0.209 e. The minimum Gasteiger partial charge on any atom is -0.394 e. The van der Waals surface area contributed by atoms with Gasteiger partial charge in [-0.2, -0.15) is 5.10 Å². The summed E-state index contributed by atoms with van der Waals surface area (Å²) in [5.74, 6) is 0. The fourth-order valence-electron chi connectivity index (χ4n) is 2.71. The van der Waals surface area contributed by atoms with Crippen molar-refractivity contribution in [3.8, 4) is 11.3 Å². The van der Waals surface area contributed by atoms with Crippen LogP contribution in [-0.2, 0) is 4.74 Å². The lowest BCUT2D eigenvalue weighted by Crippen LogP contribution is -2.56. The average molecular weight is 369 g/mol. The third kappa shape index (κ3) is 3.32. The molecule has 134 valence electrons. The predicted octanol–water partition coefficient (Wildman–Crippen LogP) is -0.464. The van der Waals surface area contributed by atoms with E-state index in [0.29, 0.717) is 5.56 Å². The second-order valence-electron chi connectivity index (χ2n) is 5.71. The van der Waals surface area contributed by atoms with Crippen molar-refractivity contribution >= 4 is 11.6 Å². The van der Waals surface area contributed by atoms with Gasteiger partial charge in [0.05, 0.1) is 6.61 Å². The first-order valence-electron chi connectivity index (χ1n) is 7.59. The molecule has 0 spiro atoms. The molecule has 1 aliphatic rings. The van der Waals surface area contributed by atoms with E-state index in [1.807, 2.05) is 0 Å². The standard InChI is InChI=1S/C16H17ClN2O6/c17-11-6-9(21)12(8-4-2-1-3-5-8)18-19(11)16-15(24)14(23)13(22)10(7-20)25-16/h1-6,10,13-16,20,22-24H,7H2/t10-,13-,14+,15-,16-/m1/s1. The molecule has 25 heavy (non-hydrogen) atoms. The molecule has 0 unspecified atom stereocenters. The summed E-state index contributed by atoms with van der Waals surface area (Å²) < 4.78 is 6.48. The summed E-state index contributed by atoms with van der Waals surface area (Å²) in [5, 5.41) is 43.3. The number of hydrogen-bond acceptors (Lipinski definition) is 7. The van der Waals surface area contributed by atoms with Gasteiger partial charge >= 0.3 is 0 Å². The van der Waals surface area contributed by atoms with Crippen LogP contribution in [0, 0.1) is 0 Å². The van der Waals surface area contributed by atoms with Crippen LogP contribution < -0.4 is 5.43 Å². The highest BCUT2D eigenvalue weighted by atomic mass is 35.5. The fourth-order valence-corrected chi connectivity index (χ4v) is 2.94. The van der Waals surface area contributed by atoms with E-state index < -0.39 is 42.7 Å². The quantitative estimate of drug-likeness (QED) is 0.577. The van der Waals surface area contributed by atoms with E-state index in [9.17, 15) is 25.2 Å². The van der Waals surface area contributed by atoms with Crippen molar-refractivity contribution in [1.29, 1.82) is 0 Å². The Labute approximate surface area is 147 Å². The largest absolute Gasteiger partial charge is 0.394 e. The van der Waals surface area contributed by atoms with Gasteiger partial charge in [-0.1, -0.05) is 41.9 Å². The monoisotopic (exact) mass is 368 g/mol. The number of aromatic nitrogens is 2. The highest BCUT2D eigenvalue weighted by molar-refractivity contribution is 6.29. The first-order valence-corrected chi connectivity index (χ1v) is 7.97. The third-order valence-corrected chi connectivity index (χ3v) is 4.35. The Morgan fingerprint density at radius 1 is 1.12 bits per heavy atom. The van der Waals surface area contributed by atoms with Crippen LogP contribution >= 0.6 is 11.6 Å². The Kier molecular flexibility index (Phi) is 5.19. The van der Waals surface area contributed by atoms with Gasteiger partial charge in [-0.05, 0) is 0 Å². The molecule has 1 fully saturated rings. The minimum absolute atomic E-state index is 0.0851. The zero-order valence-corrected chi connectivity index (χ0v) is 13.7. The lowest BCUT2D eigenvalue weighted by Gasteiger charge is -2.40. The van der Waals surface area contributed by atoms with E-state index in [2.05, 4.69) is 5.10 Å². The Morgan fingerprint density at radius 2 is 1.80 bits per heavy atom. The number of aliphatic hydroxyl groups excluding tert-OH is 4. The fraction of sp³-hybridized carbons (Fsp3) is 0.375. The summed E-state index contributed by atoms with van der Waals surface area (Å²) in [5.41, 5.74) is 0.210. The number of ether oxygens (including phenoxy) is 1. The summed E-state index contributed by atoms with van der Waals surface area (Å²) in [6.45, 7) is -0.579. The van der Waals surface area contributed by atoms with Crippen LogP contribution in [-0.4, -0.2) is 61.2 Å². The van der Waals surface area contributed by atoms with Crippen molar-refractivity contribution in [3.63, 3.8) is 0 Å². The maximum atomic E-state index is 12.2. The lowest BCUT2D eigenvalue weighted by molar-refractivity contribution is -0.254. The van der Waals surface area contributed by atoms with Crippen LogP contribution in [0.3, 0.4) is 0 Å². The number of aliphatic hydroxyl groups is 4. The predicted molar refractivity (Wildman–Crippen MR) is 88.0 cm³/mol. The second kappa shape index (κ2) is 7.20. The maximum absolute atomic E-state index is 12.2. The van der Waals surface area contributed by atoms with Crippen molar-refractivity contribution in [2.45, 2.75) is 30.6 Å². The molecule has 1 aliphatic heterocycles. The first-order chi connectivity index (χ1) is 11.9. The van der Waals surface area contributed by atoms with Gasteiger partial charge in [0, 0.05) is 11.6 Å². The summed E-state index contributed by atoms with van der Waals surface area (Å²) in [6.07, 6.45) is -7.03. The van der Waals surface area contributed by atoms with Gasteiger partial charge in [-0.25, -0.2) is 4.68 Å². The normalized spacial score (nSPS) is 29.6. The van der Waals surface area contributed by atoms with Gasteiger partial charge in [0.1, 0.15) is 35.3 Å². The van der Waals surface area contributed by atoms with E-state index >= 15 is 0 Å². The second-order valence-corrected chi connectivity index (χ2v) is 6.10. The van der Waals surface area contributed by atoms with Crippen molar-refractivity contribution in [1.82, 2.24) is 9.78 Å². The Hall–Kier alpha value is -1.81. The van der Waals surface area contributed by atoms with Gasteiger partial charge in [0.2, 0.25) is 5.43 Å². The molecule has 2 heterocycles. The molecule has 3 rings (SSSR count). The topological polar surface area (TPSA) is 125 Å². The van der Waals surface area contributed by atoms with E-state index in [1.165, 1.54) is 0 Å². The zero-order chi connectivity index (χ0) is 18.1. The minimum atomic E-state index is -1.58. The maximum Gasteiger partial charge on any atom is 0.209 e. The van der Waals surface area contributed by atoms with Crippen LogP contribution in [0.2, 0.25) is 5.15 Å². The molecule has 1 aromatic carbocycles. The van der Waals surface area contributed by atoms with Gasteiger partial charge in [0.15, 0.2) is 6.23 Å². The number of halogens is 1. The van der Waals surface area contributed by atoms with Crippen LogP contribution in [0.1, 0.15) is 6.23 Å². The number of rotatable bonds is 3. The van der Waals surface area contributed by atoms with E-state index in [4.69, 9.17) is 16.3 Å². The number of hydrogen-bond donors (Lipinski definition) is 4. The number of nitrogens with zero attached hydrogens (tertiary/aromatic N) is 2. The molecule has 4 N–H and O–H groups in total. The molecule has 0 amide bonds. The molecule has 0 aliphatic carbocycles. The highest BCUT2D eigenvalue weighted by Gasteiger charge is 2.45. The van der Waals surface area contributed by atoms with Gasteiger partial charge in [-0.3, -0.25) is 4.79 Å². The lowest BCUT2D eigenvalue weighted by atomic mass is 9.98. The van der Waals surface area contributed by atoms with Crippen molar-refractivity contribution in [2.75, 3.05) is 6.61 Å². The van der Waals surface area contributed by atoms with E-state index in [0.717, 1.165) is 10.7 Å².